The van der Waals surface area contributed by atoms with Gasteiger partial charge in [0.2, 0.25) is 0 Å². The molecule has 34 heavy (non-hydrogen) atoms. The largest absolute Gasteiger partial charge is 0.348 e. The van der Waals surface area contributed by atoms with Crippen molar-refractivity contribution in [3.63, 3.8) is 0 Å². The first-order valence-corrected chi connectivity index (χ1v) is 12.2. The zero-order valence-electron chi connectivity index (χ0n) is 19.1. The first-order valence-electron chi connectivity index (χ1n) is 12.2. The third kappa shape index (κ3) is 3.76. The van der Waals surface area contributed by atoms with Crippen molar-refractivity contribution >= 4 is 22.7 Å². The van der Waals surface area contributed by atoms with Crippen LogP contribution in [0.2, 0.25) is 0 Å². The summed E-state index contributed by atoms with van der Waals surface area (Å²) in [7, 11) is 0. The topological polar surface area (TPSA) is 126 Å². The fourth-order valence-corrected chi connectivity index (χ4v) is 7.17. The zero-order chi connectivity index (χ0) is 23.3. The van der Waals surface area contributed by atoms with Crippen LogP contribution in [-0.4, -0.2) is 32.8 Å². The van der Waals surface area contributed by atoms with Crippen molar-refractivity contribution in [2.45, 2.75) is 56.4 Å². The summed E-state index contributed by atoms with van der Waals surface area (Å²) in [5, 5.41) is 1.15. The van der Waals surface area contributed by atoms with E-state index in [-0.39, 0.29) is 5.41 Å². The number of carbonyl (C=O) groups excluding carboxylic acids is 2. The maximum absolute atomic E-state index is 13.1. The average molecular weight is 459 g/mol. The molecule has 4 aliphatic carbocycles. The van der Waals surface area contributed by atoms with Gasteiger partial charge in [-0.2, -0.15) is 0 Å². The van der Waals surface area contributed by atoms with Crippen LogP contribution in [0.1, 0.15) is 60.3 Å². The smallest absolute Gasteiger partial charge is 0.288 e. The van der Waals surface area contributed by atoms with Gasteiger partial charge in [-0.1, -0.05) is 18.2 Å². The molecular formula is C26H30N6O2. The minimum atomic E-state index is -0.812. The summed E-state index contributed by atoms with van der Waals surface area (Å²) in [5.74, 6) is 1.49. The normalized spacial score (nSPS) is 28.1. The molecule has 8 heteroatoms. The number of aromatic nitrogens is 3. The minimum Gasteiger partial charge on any atom is -0.348 e. The van der Waals surface area contributed by atoms with Crippen molar-refractivity contribution in [3.05, 3.63) is 59.8 Å². The van der Waals surface area contributed by atoms with E-state index in [1.165, 1.54) is 50.4 Å². The predicted molar refractivity (Wildman–Crippen MR) is 127 cm³/mol. The molecule has 176 valence electrons. The number of nitrogens with one attached hydrogen (secondary N) is 3. The van der Waals surface area contributed by atoms with Crippen molar-refractivity contribution in [1.82, 2.24) is 25.8 Å². The Morgan fingerprint density at radius 3 is 2.47 bits per heavy atom. The number of amides is 2. The van der Waals surface area contributed by atoms with E-state index in [1.54, 1.807) is 6.20 Å². The number of rotatable bonds is 5. The van der Waals surface area contributed by atoms with Gasteiger partial charge in [-0.15, -0.1) is 0 Å². The molecule has 1 atom stereocenters. The van der Waals surface area contributed by atoms with Crippen LogP contribution in [0, 0.1) is 17.8 Å². The Kier molecular flexibility index (Phi) is 5.13. The standard InChI is InChI=1S/C26H30N6O2/c27-21(8-18-13-28-14-29-18)24(33)31-32-25(34)23-9-20(19-3-1-2-4-22(19)30-23)26-10-15-5-16(11-26)7-17(6-15)12-26/h1-4,9,13-17,21H,5-8,10-12,27H2,(H,28,29)(H,31,33)(H,32,34)/t15?,16?,17?,21-,26?/m1/s1. The molecule has 4 bridgehead atoms. The number of pyridine rings is 1. The molecule has 1 aromatic carbocycles. The highest BCUT2D eigenvalue weighted by Gasteiger charge is 2.52. The lowest BCUT2D eigenvalue weighted by molar-refractivity contribution is -0.123. The van der Waals surface area contributed by atoms with Gasteiger partial charge in [0.15, 0.2) is 0 Å². The fraction of sp³-hybridized carbons (Fsp3) is 0.462. The molecule has 4 fully saturated rings. The van der Waals surface area contributed by atoms with Crippen LogP contribution >= 0.6 is 0 Å². The Labute approximate surface area is 198 Å². The molecule has 0 unspecified atom stereocenters. The second-order valence-electron chi connectivity index (χ2n) is 10.6. The van der Waals surface area contributed by atoms with E-state index in [9.17, 15) is 9.59 Å². The van der Waals surface area contributed by atoms with Crippen LogP contribution in [0.25, 0.3) is 10.9 Å². The summed E-state index contributed by atoms with van der Waals surface area (Å²) in [6.07, 6.45) is 11.1. The average Bonchev–Trinajstić information content (AvgIpc) is 3.33. The Morgan fingerprint density at radius 2 is 1.79 bits per heavy atom. The monoisotopic (exact) mass is 458 g/mol. The SMILES string of the molecule is N[C@H](Cc1cnc[nH]1)C(=O)NNC(=O)c1cc(C23CC4CC(CC(C4)C2)C3)c2ccccc2n1. The quantitative estimate of drug-likeness (QED) is 0.438. The summed E-state index contributed by atoms with van der Waals surface area (Å²) in [6, 6.07) is 9.27. The number of imidazole rings is 1. The molecule has 0 aliphatic heterocycles. The third-order valence-electron chi connectivity index (χ3n) is 8.19. The van der Waals surface area contributed by atoms with Gasteiger partial charge in [0.1, 0.15) is 5.69 Å². The van der Waals surface area contributed by atoms with E-state index < -0.39 is 17.9 Å². The number of H-pyrrole nitrogens is 1. The molecule has 2 heterocycles. The number of carbonyl (C=O) groups is 2. The minimum absolute atomic E-state index is 0.127. The summed E-state index contributed by atoms with van der Waals surface area (Å²) in [5.41, 5.74) is 14.2. The fourth-order valence-electron chi connectivity index (χ4n) is 7.17. The lowest BCUT2D eigenvalue weighted by Crippen LogP contribution is -2.50. The summed E-state index contributed by atoms with van der Waals surface area (Å²) >= 11 is 0. The van der Waals surface area contributed by atoms with E-state index in [4.69, 9.17) is 5.73 Å². The Morgan fingerprint density at radius 1 is 1.09 bits per heavy atom. The first kappa shape index (κ1) is 21.3. The molecule has 0 saturated heterocycles. The molecule has 3 aromatic rings. The van der Waals surface area contributed by atoms with E-state index in [2.05, 4.69) is 37.9 Å². The summed E-state index contributed by atoms with van der Waals surface area (Å²) in [6.45, 7) is 0. The number of nitrogens with zero attached hydrogens (tertiary/aromatic N) is 2. The van der Waals surface area contributed by atoms with Crippen LogP contribution in [0.4, 0.5) is 0 Å². The molecule has 2 amide bonds. The summed E-state index contributed by atoms with van der Waals surface area (Å²) in [4.78, 5) is 37.0. The van der Waals surface area contributed by atoms with Crippen LogP contribution < -0.4 is 16.6 Å². The molecular weight excluding hydrogens is 428 g/mol. The van der Waals surface area contributed by atoms with E-state index in [1.807, 2.05) is 18.2 Å². The lowest BCUT2D eigenvalue weighted by Gasteiger charge is -2.57. The zero-order valence-corrected chi connectivity index (χ0v) is 19.1. The maximum atomic E-state index is 13.1. The molecule has 4 saturated carbocycles. The second-order valence-corrected chi connectivity index (χ2v) is 10.6. The predicted octanol–water partition coefficient (Wildman–Crippen LogP) is 2.76. The van der Waals surface area contributed by atoms with Gasteiger partial charge in [-0.25, -0.2) is 9.97 Å². The van der Waals surface area contributed by atoms with Gasteiger partial charge in [-0.05, 0) is 79.4 Å². The van der Waals surface area contributed by atoms with Gasteiger partial charge in [0, 0.05) is 23.7 Å². The second kappa shape index (κ2) is 8.20. The van der Waals surface area contributed by atoms with Crippen LogP contribution in [-0.2, 0) is 16.6 Å². The van der Waals surface area contributed by atoms with Crippen molar-refractivity contribution in [3.8, 4) is 0 Å². The van der Waals surface area contributed by atoms with Crippen molar-refractivity contribution in [2.75, 3.05) is 0 Å². The number of nitrogens with two attached hydrogens (primary N) is 1. The van der Waals surface area contributed by atoms with Crippen molar-refractivity contribution in [2.24, 2.45) is 23.5 Å². The molecule has 0 radical (unpaired) electrons. The Balaban J connectivity index is 1.25. The third-order valence-corrected chi connectivity index (χ3v) is 8.19. The number of para-hydroxylation sites is 1. The number of hydrogen-bond acceptors (Lipinski definition) is 5. The Bertz CT molecular complexity index is 1200. The highest BCUT2D eigenvalue weighted by Crippen LogP contribution is 2.61. The molecule has 0 spiro atoms. The lowest BCUT2D eigenvalue weighted by atomic mass is 9.48. The molecule has 4 aliphatic rings. The summed E-state index contributed by atoms with van der Waals surface area (Å²) < 4.78 is 0. The van der Waals surface area contributed by atoms with Gasteiger partial charge < -0.3 is 10.7 Å². The van der Waals surface area contributed by atoms with Crippen LogP contribution in [0.5, 0.6) is 0 Å². The Hall–Kier alpha value is -3.26. The van der Waals surface area contributed by atoms with E-state index in [0.717, 1.165) is 34.4 Å². The van der Waals surface area contributed by atoms with Crippen LogP contribution in [0.3, 0.4) is 0 Å². The highest BCUT2D eigenvalue weighted by molar-refractivity contribution is 5.97. The van der Waals surface area contributed by atoms with Gasteiger partial charge >= 0.3 is 0 Å². The van der Waals surface area contributed by atoms with Crippen molar-refractivity contribution in [1.29, 1.82) is 0 Å². The van der Waals surface area contributed by atoms with Gasteiger partial charge in [-0.3, -0.25) is 20.4 Å². The molecule has 7 rings (SSSR count). The van der Waals surface area contributed by atoms with E-state index >= 15 is 0 Å². The number of benzene rings is 1. The number of fused-ring (bicyclic) bond motifs is 1. The van der Waals surface area contributed by atoms with Gasteiger partial charge in [0.05, 0.1) is 17.9 Å². The number of hydrogen-bond donors (Lipinski definition) is 4. The number of hydrazine groups is 1. The number of aromatic amines is 1. The molecule has 5 N–H and O–H groups in total. The van der Waals surface area contributed by atoms with Crippen molar-refractivity contribution < 1.29 is 9.59 Å². The highest BCUT2D eigenvalue weighted by atomic mass is 16.2. The first-order chi connectivity index (χ1) is 16.5. The molecule has 2 aromatic heterocycles. The maximum Gasteiger partial charge on any atom is 0.288 e. The van der Waals surface area contributed by atoms with Gasteiger partial charge in [0.25, 0.3) is 11.8 Å². The molecule has 8 nitrogen and oxygen atoms in total. The van der Waals surface area contributed by atoms with Crippen LogP contribution in [0.15, 0.2) is 42.9 Å². The van der Waals surface area contributed by atoms with E-state index in [0.29, 0.717) is 12.1 Å².